The van der Waals surface area contributed by atoms with E-state index in [0.717, 1.165) is 17.8 Å². The van der Waals surface area contributed by atoms with Gasteiger partial charge in [0.15, 0.2) is 0 Å². The molecule has 0 aliphatic carbocycles. The number of carbonyl (C=O) groups excluding carboxylic acids is 1. The largest absolute Gasteiger partial charge is 0.478 e. The van der Waals surface area contributed by atoms with Crippen LogP contribution in [0, 0.1) is 0 Å². The minimum Gasteiger partial charge on any atom is -0.478 e. The molecule has 23 heavy (non-hydrogen) atoms. The summed E-state index contributed by atoms with van der Waals surface area (Å²) in [5.74, 6) is 0.898. The second-order valence-electron chi connectivity index (χ2n) is 5.60. The molecule has 1 aliphatic heterocycles. The number of fused-ring (bicyclic) bond motifs is 1. The number of nitrogens with one attached hydrogen (secondary N) is 1. The first-order valence-corrected chi connectivity index (χ1v) is 7.49. The van der Waals surface area contributed by atoms with Crippen molar-refractivity contribution >= 4 is 11.6 Å². The van der Waals surface area contributed by atoms with E-state index in [1.807, 2.05) is 16.8 Å². The Morgan fingerprint density at radius 2 is 2.09 bits per heavy atom. The average Bonchev–Trinajstić information content (AvgIpc) is 3.21. The molecule has 0 radical (unpaired) electrons. The zero-order valence-corrected chi connectivity index (χ0v) is 12.7. The number of imidazole rings is 1. The van der Waals surface area contributed by atoms with E-state index in [1.165, 1.54) is 5.56 Å². The smallest absolute Gasteiger partial charge is 0.258 e. The maximum atomic E-state index is 11.3. The molecule has 116 valence electrons. The standard InChI is InChI=1S/C17H16N4O2/c1-23-17-16-20-10-14(21(16)7-6-18-17)12-4-2-11(3-5-12)13-8-15(22)19-9-13/h2-7,10,13H,8-9H2,1H3,(H,19,22). The Hall–Kier alpha value is -2.89. The van der Waals surface area contributed by atoms with E-state index in [2.05, 4.69) is 39.6 Å². The Kier molecular flexibility index (Phi) is 3.22. The number of ether oxygens (including phenoxy) is 1. The first-order valence-electron chi connectivity index (χ1n) is 7.49. The fraction of sp³-hybridized carbons (Fsp3) is 0.235. The van der Waals surface area contributed by atoms with Crippen molar-refractivity contribution in [2.75, 3.05) is 13.7 Å². The van der Waals surface area contributed by atoms with Crippen molar-refractivity contribution < 1.29 is 9.53 Å². The quantitative estimate of drug-likeness (QED) is 0.803. The van der Waals surface area contributed by atoms with E-state index >= 15 is 0 Å². The van der Waals surface area contributed by atoms with Gasteiger partial charge in [-0.25, -0.2) is 9.97 Å². The fourth-order valence-electron chi connectivity index (χ4n) is 3.02. The molecule has 0 saturated carbocycles. The molecule has 2 aromatic heterocycles. The first kappa shape index (κ1) is 13.8. The average molecular weight is 308 g/mol. The summed E-state index contributed by atoms with van der Waals surface area (Å²) in [6.07, 6.45) is 5.95. The summed E-state index contributed by atoms with van der Waals surface area (Å²) < 4.78 is 7.20. The Morgan fingerprint density at radius 3 is 2.78 bits per heavy atom. The first-order chi connectivity index (χ1) is 11.3. The van der Waals surface area contributed by atoms with Gasteiger partial charge >= 0.3 is 0 Å². The summed E-state index contributed by atoms with van der Waals surface area (Å²) in [6, 6.07) is 8.29. The van der Waals surface area contributed by atoms with Crippen molar-refractivity contribution in [3.05, 3.63) is 48.4 Å². The number of methoxy groups -OCH3 is 1. The van der Waals surface area contributed by atoms with Crippen LogP contribution in [0.4, 0.5) is 0 Å². The van der Waals surface area contributed by atoms with Crippen LogP contribution in [0.5, 0.6) is 5.88 Å². The van der Waals surface area contributed by atoms with E-state index in [4.69, 9.17) is 4.74 Å². The van der Waals surface area contributed by atoms with Gasteiger partial charge in [0.1, 0.15) is 0 Å². The molecule has 1 unspecified atom stereocenters. The van der Waals surface area contributed by atoms with Crippen molar-refractivity contribution in [3.8, 4) is 17.1 Å². The van der Waals surface area contributed by atoms with E-state index < -0.39 is 0 Å². The van der Waals surface area contributed by atoms with Gasteiger partial charge in [-0.1, -0.05) is 24.3 Å². The number of benzene rings is 1. The number of aromatic nitrogens is 3. The second kappa shape index (κ2) is 5.39. The normalized spacial score (nSPS) is 17.4. The van der Waals surface area contributed by atoms with Gasteiger partial charge in [-0.05, 0) is 5.56 Å². The molecular weight excluding hydrogens is 292 g/mol. The molecule has 1 amide bonds. The highest BCUT2D eigenvalue weighted by Crippen LogP contribution is 2.28. The lowest BCUT2D eigenvalue weighted by Gasteiger charge is -2.09. The van der Waals surface area contributed by atoms with E-state index in [1.54, 1.807) is 13.3 Å². The number of nitrogens with zero attached hydrogens (tertiary/aromatic N) is 3. The topological polar surface area (TPSA) is 68.5 Å². The van der Waals surface area contributed by atoms with Crippen molar-refractivity contribution in [2.24, 2.45) is 0 Å². The van der Waals surface area contributed by atoms with Crippen molar-refractivity contribution in [1.82, 2.24) is 19.7 Å². The molecule has 3 aromatic rings. The zero-order valence-electron chi connectivity index (χ0n) is 12.7. The maximum absolute atomic E-state index is 11.3. The number of carbonyl (C=O) groups is 1. The molecular formula is C17H16N4O2. The van der Waals surface area contributed by atoms with Crippen LogP contribution < -0.4 is 10.1 Å². The van der Waals surface area contributed by atoms with Crippen LogP contribution in [0.1, 0.15) is 17.9 Å². The third-order valence-electron chi connectivity index (χ3n) is 4.24. The third-order valence-corrected chi connectivity index (χ3v) is 4.24. The summed E-state index contributed by atoms with van der Waals surface area (Å²) in [5.41, 5.74) is 3.92. The number of hydrogen-bond acceptors (Lipinski definition) is 4. The highest BCUT2D eigenvalue weighted by atomic mass is 16.5. The minimum absolute atomic E-state index is 0.125. The number of rotatable bonds is 3. The molecule has 1 N–H and O–H groups in total. The van der Waals surface area contributed by atoms with E-state index in [9.17, 15) is 4.79 Å². The van der Waals surface area contributed by atoms with E-state index in [0.29, 0.717) is 17.9 Å². The summed E-state index contributed by atoms with van der Waals surface area (Å²) in [4.78, 5) is 19.9. The second-order valence-corrected chi connectivity index (χ2v) is 5.60. The highest BCUT2D eigenvalue weighted by Gasteiger charge is 2.22. The van der Waals surface area contributed by atoms with Gasteiger partial charge in [-0.3, -0.25) is 9.20 Å². The van der Waals surface area contributed by atoms with Gasteiger partial charge in [0.25, 0.3) is 5.88 Å². The number of hydrogen-bond donors (Lipinski definition) is 1. The van der Waals surface area contributed by atoms with Crippen molar-refractivity contribution in [3.63, 3.8) is 0 Å². The maximum Gasteiger partial charge on any atom is 0.258 e. The van der Waals surface area contributed by atoms with Gasteiger partial charge in [-0.2, -0.15) is 0 Å². The van der Waals surface area contributed by atoms with Gasteiger partial charge in [0.2, 0.25) is 11.6 Å². The minimum atomic E-state index is 0.125. The summed E-state index contributed by atoms with van der Waals surface area (Å²) >= 11 is 0. The van der Waals surface area contributed by atoms with Crippen LogP contribution in [0.25, 0.3) is 16.9 Å². The van der Waals surface area contributed by atoms with Crippen LogP contribution in [0.15, 0.2) is 42.9 Å². The Bertz CT molecular complexity index is 870. The SMILES string of the molecule is COc1nccn2c(-c3ccc(C4CNC(=O)C4)cc3)cnc12. The lowest BCUT2D eigenvalue weighted by atomic mass is 9.97. The monoisotopic (exact) mass is 308 g/mol. The van der Waals surface area contributed by atoms with Gasteiger partial charge < -0.3 is 10.1 Å². The molecule has 6 nitrogen and oxygen atoms in total. The predicted molar refractivity (Wildman–Crippen MR) is 85.3 cm³/mol. The summed E-state index contributed by atoms with van der Waals surface area (Å²) in [7, 11) is 1.59. The third kappa shape index (κ3) is 2.32. The van der Waals surface area contributed by atoms with E-state index in [-0.39, 0.29) is 11.8 Å². The molecule has 1 aliphatic rings. The van der Waals surface area contributed by atoms with Crippen LogP contribution in [0.3, 0.4) is 0 Å². The molecule has 1 saturated heterocycles. The van der Waals surface area contributed by atoms with Crippen LogP contribution >= 0.6 is 0 Å². The molecule has 0 bridgehead atoms. The van der Waals surface area contributed by atoms with Crippen LogP contribution in [-0.2, 0) is 4.79 Å². The van der Waals surface area contributed by atoms with Gasteiger partial charge in [0, 0.05) is 36.8 Å². The summed E-state index contributed by atoms with van der Waals surface area (Å²) in [6.45, 7) is 0.719. The predicted octanol–water partition coefficient (Wildman–Crippen LogP) is 2.01. The van der Waals surface area contributed by atoms with Gasteiger partial charge in [-0.15, -0.1) is 0 Å². The molecule has 1 fully saturated rings. The molecule has 4 rings (SSSR count). The van der Waals surface area contributed by atoms with Gasteiger partial charge in [0.05, 0.1) is 19.0 Å². The Balaban J connectivity index is 1.70. The fourth-order valence-corrected chi connectivity index (χ4v) is 3.02. The molecule has 6 heteroatoms. The van der Waals surface area contributed by atoms with Crippen molar-refractivity contribution in [2.45, 2.75) is 12.3 Å². The molecule has 1 atom stereocenters. The molecule has 1 aromatic carbocycles. The zero-order chi connectivity index (χ0) is 15.8. The van der Waals surface area contributed by atoms with Crippen LogP contribution in [0.2, 0.25) is 0 Å². The number of amides is 1. The van der Waals surface area contributed by atoms with Crippen molar-refractivity contribution in [1.29, 1.82) is 0 Å². The highest BCUT2D eigenvalue weighted by molar-refractivity contribution is 5.79. The van der Waals surface area contributed by atoms with Crippen LogP contribution in [-0.4, -0.2) is 33.9 Å². The Labute approximate surface area is 133 Å². The lowest BCUT2D eigenvalue weighted by Crippen LogP contribution is -2.13. The lowest BCUT2D eigenvalue weighted by molar-refractivity contribution is -0.119. The molecule has 3 heterocycles. The molecule has 0 spiro atoms. The Morgan fingerprint density at radius 1 is 1.26 bits per heavy atom. The summed E-state index contributed by atoms with van der Waals surface area (Å²) in [5, 5.41) is 2.87.